The number of benzene rings is 1. The van der Waals surface area contributed by atoms with Crippen LogP contribution in [0.2, 0.25) is 0 Å². The van der Waals surface area contributed by atoms with Crippen LogP contribution >= 0.6 is 12.4 Å². The zero-order valence-electron chi connectivity index (χ0n) is 10.8. The Morgan fingerprint density at radius 1 is 1.10 bits per heavy atom. The van der Waals surface area contributed by atoms with Crippen molar-refractivity contribution in [2.45, 2.75) is 12.5 Å². The van der Waals surface area contributed by atoms with E-state index in [2.05, 4.69) is 5.32 Å². The zero-order chi connectivity index (χ0) is 13.8. The van der Waals surface area contributed by atoms with Crippen molar-refractivity contribution in [3.63, 3.8) is 0 Å². The average Bonchev–Trinajstić information content (AvgIpc) is 2.43. The maximum atomic E-state index is 13.8. The maximum absolute atomic E-state index is 13.8. The maximum Gasteiger partial charge on any atom is 0.166 e. The molecule has 2 nitrogen and oxygen atoms in total. The normalized spacial score (nSPS) is 17.6. The molecule has 0 amide bonds. The van der Waals surface area contributed by atoms with E-state index in [-0.39, 0.29) is 24.4 Å². The minimum Gasteiger partial charge on any atom is -0.314 e. The summed E-state index contributed by atoms with van der Waals surface area (Å²) in [6, 6.07) is 0.877. The summed E-state index contributed by atoms with van der Waals surface area (Å²) in [5.41, 5.74) is -0.362. The monoisotopic (exact) mass is 312 g/mol. The van der Waals surface area contributed by atoms with E-state index < -0.39 is 30.2 Å². The first-order chi connectivity index (χ1) is 9.15. The molecule has 20 heavy (non-hydrogen) atoms. The second-order valence-corrected chi connectivity index (χ2v) is 4.54. The van der Waals surface area contributed by atoms with Gasteiger partial charge in [-0.15, -0.1) is 12.4 Å². The second kappa shape index (κ2) is 7.81. The third-order valence-corrected chi connectivity index (χ3v) is 3.39. The van der Waals surface area contributed by atoms with Gasteiger partial charge in [0, 0.05) is 37.8 Å². The summed E-state index contributed by atoms with van der Waals surface area (Å²) in [5, 5.41) is 3.11. The Morgan fingerprint density at radius 2 is 1.70 bits per heavy atom. The van der Waals surface area contributed by atoms with Crippen molar-refractivity contribution in [1.29, 1.82) is 0 Å². The van der Waals surface area contributed by atoms with Crippen molar-refractivity contribution in [3.05, 3.63) is 35.1 Å². The van der Waals surface area contributed by atoms with Crippen molar-refractivity contribution in [2.24, 2.45) is 0 Å². The summed E-state index contributed by atoms with van der Waals surface area (Å²) in [4.78, 5) is 1.79. The first kappa shape index (κ1) is 17.2. The summed E-state index contributed by atoms with van der Waals surface area (Å²) >= 11 is 0. The Labute approximate surface area is 121 Å². The topological polar surface area (TPSA) is 15.3 Å². The Bertz CT molecular complexity index is 439. The molecule has 0 saturated carbocycles. The van der Waals surface area contributed by atoms with Crippen LogP contribution in [0.15, 0.2) is 12.1 Å². The van der Waals surface area contributed by atoms with Gasteiger partial charge in [0.2, 0.25) is 0 Å². The van der Waals surface area contributed by atoms with Gasteiger partial charge in [-0.3, -0.25) is 9.29 Å². The number of piperazine rings is 1. The molecule has 1 heterocycles. The Morgan fingerprint density at radius 3 is 2.30 bits per heavy atom. The van der Waals surface area contributed by atoms with Crippen LogP contribution in [-0.4, -0.2) is 37.8 Å². The standard InChI is InChI=1S/C13H16F4N2.ClH/c14-4-3-11(19-7-5-18-6-8-19)12-9(15)1-2-10(16)13(12)17;/h1-2,11,18H,3-8H2;1H/t11-;/m0./s1. The van der Waals surface area contributed by atoms with Crippen molar-refractivity contribution < 1.29 is 17.6 Å². The summed E-state index contributed by atoms with van der Waals surface area (Å²) in [6.07, 6.45) is -0.0444. The fourth-order valence-electron chi connectivity index (χ4n) is 2.45. The van der Waals surface area contributed by atoms with E-state index in [1.165, 1.54) is 0 Å². The van der Waals surface area contributed by atoms with Crippen LogP contribution in [0, 0.1) is 17.5 Å². The predicted octanol–water partition coefficient (Wildman–Crippen LogP) is 2.83. The molecule has 1 fully saturated rings. The third kappa shape index (κ3) is 3.62. The van der Waals surface area contributed by atoms with Gasteiger partial charge in [-0.2, -0.15) is 0 Å². The Kier molecular flexibility index (Phi) is 6.71. The van der Waals surface area contributed by atoms with Gasteiger partial charge < -0.3 is 5.32 Å². The number of rotatable bonds is 4. The number of nitrogens with zero attached hydrogens (tertiary/aromatic N) is 1. The van der Waals surface area contributed by atoms with Crippen molar-refractivity contribution in [1.82, 2.24) is 10.2 Å². The van der Waals surface area contributed by atoms with E-state index >= 15 is 0 Å². The first-order valence-electron chi connectivity index (χ1n) is 6.29. The van der Waals surface area contributed by atoms with Crippen molar-refractivity contribution in [3.8, 4) is 0 Å². The van der Waals surface area contributed by atoms with E-state index in [0.29, 0.717) is 26.2 Å². The number of hydrogen-bond donors (Lipinski definition) is 1. The molecule has 1 aromatic carbocycles. The van der Waals surface area contributed by atoms with Crippen LogP contribution in [-0.2, 0) is 0 Å². The van der Waals surface area contributed by atoms with Gasteiger partial charge in [-0.05, 0) is 18.6 Å². The number of halogens is 5. The lowest BCUT2D eigenvalue weighted by Crippen LogP contribution is -2.45. The van der Waals surface area contributed by atoms with Crippen molar-refractivity contribution >= 4 is 12.4 Å². The van der Waals surface area contributed by atoms with Gasteiger partial charge in [0.1, 0.15) is 5.82 Å². The molecule has 1 N–H and O–H groups in total. The summed E-state index contributed by atoms with van der Waals surface area (Å²) in [6.45, 7) is 1.74. The van der Waals surface area contributed by atoms with E-state index in [1.807, 2.05) is 0 Å². The molecule has 1 aliphatic heterocycles. The molecule has 0 aromatic heterocycles. The lowest BCUT2D eigenvalue weighted by atomic mass is 10.00. The van der Waals surface area contributed by atoms with Crippen LogP contribution in [0.1, 0.15) is 18.0 Å². The molecule has 1 saturated heterocycles. The molecule has 1 aliphatic rings. The number of alkyl halides is 1. The van der Waals surface area contributed by atoms with Crippen LogP contribution < -0.4 is 5.32 Å². The van der Waals surface area contributed by atoms with Crippen LogP contribution in [0.5, 0.6) is 0 Å². The van der Waals surface area contributed by atoms with Gasteiger partial charge >= 0.3 is 0 Å². The highest BCUT2D eigenvalue weighted by atomic mass is 35.5. The smallest absolute Gasteiger partial charge is 0.166 e. The van der Waals surface area contributed by atoms with Crippen LogP contribution in [0.3, 0.4) is 0 Å². The fourth-order valence-corrected chi connectivity index (χ4v) is 2.45. The highest BCUT2D eigenvalue weighted by Gasteiger charge is 2.28. The predicted molar refractivity (Wildman–Crippen MR) is 71.3 cm³/mol. The summed E-state index contributed by atoms with van der Waals surface area (Å²) in [5.74, 6) is -3.14. The zero-order valence-corrected chi connectivity index (χ0v) is 11.7. The largest absolute Gasteiger partial charge is 0.314 e. The summed E-state index contributed by atoms with van der Waals surface area (Å²) < 4.78 is 53.5. The molecule has 0 unspecified atom stereocenters. The Balaban J connectivity index is 0.00000200. The lowest BCUT2D eigenvalue weighted by molar-refractivity contribution is 0.150. The highest BCUT2D eigenvalue weighted by molar-refractivity contribution is 5.85. The molecule has 2 rings (SSSR count). The molecular weight excluding hydrogens is 296 g/mol. The van der Waals surface area contributed by atoms with Crippen molar-refractivity contribution in [2.75, 3.05) is 32.9 Å². The fraction of sp³-hybridized carbons (Fsp3) is 0.538. The molecule has 1 aromatic rings. The third-order valence-electron chi connectivity index (χ3n) is 3.39. The Hall–Kier alpha value is -0.850. The summed E-state index contributed by atoms with van der Waals surface area (Å²) in [7, 11) is 0. The molecular formula is C13H17ClF4N2. The van der Waals surface area contributed by atoms with Crippen LogP contribution in [0.25, 0.3) is 0 Å². The highest BCUT2D eigenvalue weighted by Crippen LogP contribution is 2.30. The molecule has 7 heteroatoms. The van der Waals surface area contributed by atoms with Gasteiger partial charge in [-0.1, -0.05) is 0 Å². The molecule has 0 spiro atoms. The SMILES string of the molecule is Cl.FCC[C@@H](c1c(F)ccc(F)c1F)N1CCNCC1. The van der Waals surface area contributed by atoms with E-state index in [4.69, 9.17) is 0 Å². The lowest BCUT2D eigenvalue weighted by Gasteiger charge is -2.35. The molecule has 1 atom stereocenters. The van der Waals surface area contributed by atoms with Crippen LogP contribution in [0.4, 0.5) is 17.6 Å². The second-order valence-electron chi connectivity index (χ2n) is 4.54. The molecule has 0 radical (unpaired) electrons. The minimum absolute atomic E-state index is 0. The number of nitrogens with one attached hydrogen (secondary N) is 1. The molecule has 0 aliphatic carbocycles. The van der Waals surface area contributed by atoms with E-state index in [1.54, 1.807) is 4.90 Å². The van der Waals surface area contributed by atoms with Gasteiger partial charge in [0.15, 0.2) is 11.6 Å². The van der Waals surface area contributed by atoms with E-state index in [0.717, 1.165) is 12.1 Å². The average molecular weight is 313 g/mol. The quantitative estimate of drug-likeness (QED) is 0.679. The molecule has 0 bridgehead atoms. The number of hydrogen-bond acceptors (Lipinski definition) is 2. The molecule has 114 valence electrons. The van der Waals surface area contributed by atoms with Gasteiger partial charge in [0.05, 0.1) is 6.67 Å². The minimum atomic E-state index is -1.21. The van der Waals surface area contributed by atoms with E-state index in [9.17, 15) is 17.6 Å². The van der Waals surface area contributed by atoms with Gasteiger partial charge in [0.25, 0.3) is 0 Å². The van der Waals surface area contributed by atoms with Gasteiger partial charge in [-0.25, -0.2) is 13.2 Å². The first-order valence-corrected chi connectivity index (χ1v) is 6.29.